The molecule has 3 aromatic rings. The summed E-state index contributed by atoms with van der Waals surface area (Å²) < 4.78 is 7.12. The highest BCUT2D eigenvalue weighted by Crippen LogP contribution is 2.27. The van der Waals surface area contributed by atoms with E-state index >= 15 is 0 Å². The Hall–Kier alpha value is -3.34. The molecule has 148 valence electrons. The van der Waals surface area contributed by atoms with Gasteiger partial charge in [-0.3, -0.25) is 4.79 Å². The molecule has 2 aromatic carbocycles. The van der Waals surface area contributed by atoms with Crippen molar-refractivity contribution < 1.29 is 9.53 Å². The summed E-state index contributed by atoms with van der Waals surface area (Å²) >= 11 is 0. The summed E-state index contributed by atoms with van der Waals surface area (Å²) in [4.78, 5) is 14.5. The summed E-state index contributed by atoms with van der Waals surface area (Å²) in [6, 6.07) is 17.8. The topological polar surface area (TPSA) is 47.4 Å². The van der Waals surface area contributed by atoms with Gasteiger partial charge in [0.2, 0.25) is 5.91 Å². The van der Waals surface area contributed by atoms with Gasteiger partial charge in [-0.25, -0.2) is 4.68 Å². The van der Waals surface area contributed by atoms with Crippen LogP contribution in [0.4, 0.5) is 0 Å². The molecule has 2 heterocycles. The molecule has 0 unspecified atom stereocenters. The molecule has 5 heteroatoms. The van der Waals surface area contributed by atoms with Gasteiger partial charge in [-0.05, 0) is 61.7 Å². The van der Waals surface area contributed by atoms with Crippen molar-refractivity contribution in [1.82, 2.24) is 14.7 Å². The third kappa shape index (κ3) is 4.40. The van der Waals surface area contributed by atoms with E-state index in [-0.39, 0.29) is 5.91 Å². The van der Waals surface area contributed by atoms with Crippen molar-refractivity contribution in [2.45, 2.75) is 19.3 Å². The van der Waals surface area contributed by atoms with Gasteiger partial charge >= 0.3 is 0 Å². The van der Waals surface area contributed by atoms with Crippen LogP contribution in [-0.2, 0) is 4.79 Å². The normalized spacial score (nSPS) is 14.3. The number of hydrogen-bond acceptors (Lipinski definition) is 3. The van der Waals surface area contributed by atoms with Crippen molar-refractivity contribution in [1.29, 1.82) is 0 Å². The lowest BCUT2D eigenvalue weighted by atomic mass is 10.1. The number of carbonyl (C=O) groups excluding carboxylic acids is 1. The molecule has 0 radical (unpaired) electrons. The van der Waals surface area contributed by atoms with E-state index in [1.807, 2.05) is 76.5 Å². The Bertz CT molecular complexity index is 985. The van der Waals surface area contributed by atoms with Crippen molar-refractivity contribution in [2.75, 3.05) is 20.2 Å². The predicted molar refractivity (Wildman–Crippen MR) is 115 cm³/mol. The van der Waals surface area contributed by atoms with Crippen molar-refractivity contribution in [3.8, 4) is 22.7 Å². The van der Waals surface area contributed by atoms with Crippen molar-refractivity contribution >= 4 is 12.0 Å². The first-order valence-electron chi connectivity index (χ1n) is 10.0. The van der Waals surface area contributed by atoms with E-state index in [0.29, 0.717) is 0 Å². The summed E-state index contributed by atoms with van der Waals surface area (Å²) in [7, 11) is 1.65. The SMILES string of the molecule is COc1ccc(-c2nn(-c3ccccc3)cc2/C=C\C(=O)N2CCCCC2)cc1. The number of carbonyl (C=O) groups is 1. The van der Waals surface area contributed by atoms with Gasteiger partial charge in [0.1, 0.15) is 5.75 Å². The molecule has 1 aliphatic rings. The second-order valence-corrected chi connectivity index (χ2v) is 7.16. The summed E-state index contributed by atoms with van der Waals surface area (Å²) in [5, 5.41) is 4.80. The summed E-state index contributed by atoms with van der Waals surface area (Å²) in [5.74, 6) is 0.867. The molecule has 0 aliphatic carbocycles. The number of ether oxygens (including phenoxy) is 1. The quantitative estimate of drug-likeness (QED) is 0.603. The van der Waals surface area contributed by atoms with Gasteiger partial charge in [0.15, 0.2) is 0 Å². The number of amides is 1. The van der Waals surface area contributed by atoms with Crippen molar-refractivity contribution in [3.63, 3.8) is 0 Å². The van der Waals surface area contributed by atoms with E-state index in [0.717, 1.165) is 54.2 Å². The average molecular weight is 387 g/mol. The van der Waals surface area contributed by atoms with Crippen LogP contribution in [0.25, 0.3) is 23.0 Å². The second-order valence-electron chi connectivity index (χ2n) is 7.16. The highest BCUT2D eigenvalue weighted by molar-refractivity contribution is 5.93. The van der Waals surface area contributed by atoms with Gasteiger partial charge < -0.3 is 9.64 Å². The molecule has 0 N–H and O–H groups in total. The first kappa shape index (κ1) is 19.0. The van der Waals surface area contributed by atoms with Crippen LogP contribution in [0.5, 0.6) is 5.75 Å². The van der Waals surface area contributed by atoms with Crippen LogP contribution in [0.2, 0.25) is 0 Å². The maximum absolute atomic E-state index is 12.6. The van der Waals surface area contributed by atoms with Gasteiger partial charge in [-0.2, -0.15) is 5.10 Å². The van der Waals surface area contributed by atoms with Crippen LogP contribution in [-0.4, -0.2) is 40.8 Å². The molecule has 0 bridgehead atoms. The molecule has 4 rings (SSSR count). The van der Waals surface area contributed by atoms with Gasteiger partial charge in [-0.1, -0.05) is 18.2 Å². The standard InChI is InChI=1S/C24H25N3O2/c1-29-22-13-10-19(11-14-22)24-20(12-15-23(28)26-16-6-3-7-17-26)18-27(25-24)21-8-4-2-5-9-21/h2,4-5,8-15,18H,3,6-7,16-17H2,1H3/b15-12-. The molecule has 1 amide bonds. The Kier molecular flexibility index (Phi) is 5.75. The number of methoxy groups -OCH3 is 1. The molecular weight excluding hydrogens is 362 g/mol. The van der Waals surface area contributed by atoms with Gasteiger partial charge in [0.05, 0.1) is 18.5 Å². The minimum absolute atomic E-state index is 0.0674. The van der Waals surface area contributed by atoms with Crippen LogP contribution in [0.15, 0.2) is 66.9 Å². The zero-order valence-corrected chi connectivity index (χ0v) is 16.6. The lowest BCUT2D eigenvalue weighted by molar-refractivity contribution is -0.126. The van der Waals surface area contributed by atoms with E-state index in [2.05, 4.69) is 0 Å². The third-order valence-electron chi connectivity index (χ3n) is 5.20. The number of nitrogens with zero attached hydrogens (tertiary/aromatic N) is 3. The Balaban J connectivity index is 1.67. The molecular formula is C24H25N3O2. The fourth-order valence-corrected chi connectivity index (χ4v) is 3.58. The smallest absolute Gasteiger partial charge is 0.246 e. The molecule has 1 aliphatic heterocycles. The average Bonchev–Trinajstić information content (AvgIpc) is 3.23. The van der Waals surface area contributed by atoms with E-state index in [4.69, 9.17) is 9.84 Å². The van der Waals surface area contributed by atoms with Crippen LogP contribution < -0.4 is 4.74 Å². The number of para-hydroxylation sites is 1. The fraction of sp³-hybridized carbons (Fsp3) is 0.250. The lowest BCUT2D eigenvalue weighted by Crippen LogP contribution is -2.34. The summed E-state index contributed by atoms with van der Waals surface area (Å²) in [6.07, 6.45) is 8.90. The Labute approximate surface area is 171 Å². The Morgan fingerprint density at radius 1 is 1.00 bits per heavy atom. The molecule has 1 fully saturated rings. The summed E-state index contributed by atoms with van der Waals surface area (Å²) in [5.41, 5.74) is 3.69. The molecule has 5 nitrogen and oxygen atoms in total. The Morgan fingerprint density at radius 2 is 1.72 bits per heavy atom. The molecule has 0 atom stereocenters. The number of hydrogen-bond donors (Lipinski definition) is 0. The highest BCUT2D eigenvalue weighted by atomic mass is 16.5. The molecule has 1 saturated heterocycles. The first-order valence-corrected chi connectivity index (χ1v) is 10.0. The lowest BCUT2D eigenvalue weighted by Gasteiger charge is -2.25. The molecule has 29 heavy (non-hydrogen) atoms. The van der Waals surface area contributed by atoms with Gasteiger partial charge in [0, 0.05) is 36.5 Å². The molecule has 0 saturated carbocycles. The maximum Gasteiger partial charge on any atom is 0.246 e. The number of aromatic nitrogens is 2. The monoisotopic (exact) mass is 387 g/mol. The van der Waals surface area contributed by atoms with E-state index in [9.17, 15) is 4.79 Å². The number of piperidine rings is 1. The predicted octanol–water partition coefficient (Wildman–Crippen LogP) is 4.57. The minimum Gasteiger partial charge on any atom is -0.497 e. The first-order chi connectivity index (χ1) is 14.2. The van der Waals surface area contributed by atoms with Crippen LogP contribution in [0.3, 0.4) is 0 Å². The minimum atomic E-state index is 0.0674. The summed E-state index contributed by atoms with van der Waals surface area (Å²) in [6.45, 7) is 1.69. The highest BCUT2D eigenvalue weighted by Gasteiger charge is 2.15. The fourth-order valence-electron chi connectivity index (χ4n) is 3.58. The Morgan fingerprint density at radius 3 is 2.41 bits per heavy atom. The van der Waals surface area contributed by atoms with E-state index in [1.165, 1.54) is 6.42 Å². The second kappa shape index (κ2) is 8.78. The van der Waals surface area contributed by atoms with Crippen LogP contribution in [0, 0.1) is 0 Å². The zero-order chi connectivity index (χ0) is 20.1. The van der Waals surface area contributed by atoms with E-state index in [1.54, 1.807) is 13.2 Å². The molecule has 1 aromatic heterocycles. The van der Waals surface area contributed by atoms with E-state index < -0.39 is 0 Å². The largest absolute Gasteiger partial charge is 0.497 e. The van der Waals surface area contributed by atoms with Crippen LogP contribution in [0.1, 0.15) is 24.8 Å². The van der Waals surface area contributed by atoms with Crippen LogP contribution >= 0.6 is 0 Å². The number of rotatable bonds is 5. The van der Waals surface area contributed by atoms with Gasteiger partial charge in [-0.15, -0.1) is 0 Å². The number of benzene rings is 2. The van der Waals surface area contributed by atoms with Crippen molar-refractivity contribution in [3.05, 3.63) is 72.4 Å². The third-order valence-corrected chi connectivity index (χ3v) is 5.20. The zero-order valence-electron chi connectivity index (χ0n) is 16.6. The maximum atomic E-state index is 12.6. The van der Waals surface area contributed by atoms with Crippen molar-refractivity contribution in [2.24, 2.45) is 0 Å². The number of likely N-dealkylation sites (tertiary alicyclic amines) is 1. The molecule has 0 spiro atoms. The van der Waals surface area contributed by atoms with Gasteiger partial charge in [0.25, 0.3) is 0 Å².